The van der Waals surface area contributed by atoms with Gasteiger partial charge in [0.25, 0.3) is 5.91 Å². The predicted octanol–water partition coefficient (Wildman–Crippen LogP) is 3.26. The molecule has 2 aromatic carbocycles. The molecule has 1 heterocycles. The van der Waals surface area contributed by atoms with Gasteiger partial charge >= 0.3 is 0 Å². The van der Waals surface area contributed by atoms with E-state index < -0.39 is 6.04 Å². The molecule has 7 nitrogen and oxygen atoms in total. The molecule has 3 aromatic rings. The summed E-state index contributed by atoms with van der Waals surface area (Å²) in [7, 11) is 3.12. The molecule has 0 saturated carbocycles. The second-order valence-electron chi connectivity index (χ2n) is 5.67. The molecule has 0 radical (unpaired) electrons. The van der Waals surface area contributed by atoms with E-state index >= 15 is 0 Å². The van der Waals surface area contributed by atoms with Gasteiger partial charge in [0.15, 0.2) is 16.6 Å². The van der Waals surface area contributed by atoms with Crippen molar-refractivity contribution in [2.24, 2.45) is 5.10 Å². The molecule has 27 heavy (non-hydrogen) atoms. The first-order valence-electron chi connectivity index (χ1n) is 8.28. The first-order chi connectivity index (χ1) is 13.1. The highest BCUT2D eigenvalue weighted by molar-refractivity contribution is 7.22. The lowest BCUT2D eigenvalue weighted by Crippen LogP contribution is -2.34. The standard InChI is InChI=1S/C19H20N4O3S/c1-12(21-19-22-14-8-4-5-10-16(14)27-19)18(24)23-20-11-13-7-6-9-15(25-2)17(13)26-3/h4-12H,1-3H3,(H,21,22)(H,23,24)/b20-11-/t12-/m0/s1. The number of anilines is 1. The molecule has 2 N–H and O–H groups in total. The largest absolute Gasteiger partial charge is 0.493 e. The van der Waals surface area contributed by atoms with E-state index in [9.17, 15) is 4.79 Å². The molecular weight excluding hydrogens is 364 g/mol. The highest BCUT2D eigenvalue weighted by atomic mass is 32.1. The number of nitrogens with one attached hydrogen (secondary N) is 2. The normalized spacial score (nSPS) is 12.1. The number of thiazole rings is 1. The second kappa shape index (κ2) is 8.50. The number of nitrogens with zero attached hydrogens (tertiary/aromatic N) is 2. The summed E-state index contributed by atoms with van der Waals surface area (Å²) in [6.45, 7) is 1.75. The van der Waals surface area contributed by atoms with Gasteiger partial charge in [0.2, 0.25) is 0 Å². The van der Waals surface area contributed by atoms with Gasteiger partial charge in [0, 0.05) is 5.56 Å². The van der Waals surface area contributed by atoms with Crippen LogP contribution in [0.5, 0.6) is 11.5 Å². The van der Waals surface area contributed by atoms with E-state index in [1.807, 2.05) is 36.4 Å². The van der Waals surface area contributed by atoms with Crippen LogP contribution in [0.2, 0.25) is 0 Å². The lowest BCUT2D eigenvalue weighted by molar-refractivity contribution is -0.121. The third kappa shape index (κ3) is 4.35. The zero-order valence-electron chi connectivity index (χ0n) is 15.2. The third-order valence-electron chi connectivity index (χ3n) is 3.84. The summed E-state index contributed by atoms with van der Waals surface area (Å²) in [5.41, 5.74) is 4.12. The Bertz CT molecular complexity index is 937. The molecule has 0 saturated heterocycles. The maximum atomic E-state index is 12.3. The predicted molar refractivity (Wildman–Crippen MR) is 108 cm³/mol. The van der Waals surface area contributed by atoms with Gasteiger partial charge in [-0.1, -0.05) is 29.5 Å². The number of fused-ring (bicyclic) bond motifs is 1. The van der Waals surface area contributed by atoms with Crippen molar-refractivity contribution in [1.82, 2.24) is 10.4 Å². The Hall–Kier alpha value is -3.13. The van der Waals surface area contributed by atoms with Crippen molar-refractivity contribution in [3.05, 3.63) is 48.0 Å². The van der Waals surface area contributed by atoms with Gasteiger partial charge in [0.05, 0.1) is 30.7 Å². The summed E-state index contributed by atoms with van der Waals surface area (Å²) >= 11 is 1.50. The van der Waals surface area contributed by atoms with Gasteiger partial charge in [-0.05, 0) is 31.2 Å². The molecule has 0 aliphatic heterocycles. The van der Waals surface area contributed by atoms with Crippen LogP contribution in [-0.2, 0) is 4.79 Å². The molecule has 1 atom stereocenters. The van der Waals surface area contributed by atoms with Crippen molar-refractivity contribution in [3.8, 4) is 11.5 Å². The number of hydrogen-bond acceptors (Lipinski definition) is 7. The molecule has 0 fully saturated rings. The summed E-state index contributed by atoms with van der Waals surface area (Å²) in [6, 6.07) is 12.8. The minimum Gasteiger partial charge on any atom is -0.493 e. The number of rotatable bonds is 7. The smallest absolute Gasteiger partial charge is 0.262 e. The summed E-state index contributed by atoms with van der Waals surface area (Å²) in [4.78, 5) is 16.7. The molecular formula is C19H20N4O3S. The van der Waals surface area contributed by atoms with Gasteiger partial charge in [-0.3, -0.25) is 4.79 Å². The Kier molecular flexibility index (Phi) is 5.87. The molecule has 0 unspecified atom stereocenters. The number of aromatic nitrogens is 1. The summed E-state index contributed by atoms with van der Waals surface area (Å²) in [6.07, 6.45) is 1.52. The highest BCUT2D eigenvalue weighted by Crippen LogP contribution is 2.29. The average molecular weight is 384 g/mol. The number of hydrazone groups is 1. The van der Waals surface area contributed by atoms with E-state index in [0.29, 0.717) is 22.2 Å². The van der Waals surface area contributed by atoms with Crippen LogP contribution in [0.15, 0.2) is 47.6 Å². The maximum Gasteiger partial charge on any atom is 0.262 e. The monoisotopic (exact) mass is 384 g/mol. The topological polar surface area (TPSA) is 84.8 Å². The highest BCUT2D eigenvalue weighted by Gasteiger charge is 2.14. The fraction of sp³-hybridized carbons (Fsp3) is 0.211. The van der Waals surface area contributed by atoms with Gasteiger partial charge in [-0.15, -0.1) is 0 Å². The Morgan fingerprint density at radius 2 is 2.00 bits per heavy atom. The Morgan fingerprint density at radius 1 is 1.19 bits per heavy atom. The zero-order valence-corrected chi connectivity index (χ0v) is 16.0. The quantitative estimate of drug-likeness (QED) is 0.482. The van der Waals surface area contributed by atoms with E-state index in [0.717, 1.165) is 10.2 Å². The summed E-state index contributed by atoms with van der Waals surface area (Å²) in [5.74, 6) is 0.879. The number of carbonyl (C=O) groups is 1. The fourth-order valence-corrected chi connectivity index (χ4v) is 3.41. The summed E-state index contributed by atoms with van der Waals surface area (Å²) in [5, 5.41) is 7.80. The van der Waals surface area contributed by atoms with Crippen molar-refractivity contribution >= 4 is 38.8 Å². The molecule has 1 amide bonds. The molecule has 8 heteroatoms. The molecule has 0 bridgehead atoms. The van der Waals surface area contributed by atoms with Crippen LogP contribution in [0, 0.1) is 0 Å². The molecule has 140 valence electrons. The van der Waals surface area contributed by atoms with Gasteiger partial charge < -0.3 is 14.8 Å². The number of methoxy groups -OCH3 is 2. The zero-order chi connectivity index (χ0) is 19.2. The van der Waals surface area contributed by atoms with Crippen LogP contribution in [0.25, 0.3) is 10.2 Å². The van der Waals surface area contributed by atoms with Crippen molar-refractivity contribution in [3.63, 3.8) is 0 Å². The Balaban J connectivity index is 1.62. The maximum absolute atomic E-state index is 12.3. The van der Waals surface area contributed by atoms with Crippen molar-refractivity contribution in [2.75, 3.05) is 19.5 Å². The molecule has 1 aromatic heterocycles. The summed E-state index contributed by atoms with van der Waals surface area (Å²) < 4.78 is 11.6. The van der Waals surface area contributed by atoms with E-state index in [1.54, 1.807) is 27.2 Å². The molecule has 0 aliphatic rings. The first kappa shape index (κ1) is 18.7. The number of hydrogen-bond donors (Lipinski definition) is 2. The number of para-hydroxylation sites is 2. The van der Waals surface area contributed by atoms with Gasteiger partial charge in [0.1, 0.15) is 6.04 Å². The number of benzene rings is 2. The van der Waals surface area contributed by atoms with Gasteiger partial charge in [-0.2, -0.15) is 5.10 Å². The number of carbonyl (C=O) groups excluding carboxylic acids is 1. The molecule has 3 rings (SSSR count). The number of ether oxygens (including phenoxy) is 2. The van der Waals surface area contributed by atoms with E-state index in [1.165, 1.54) is 17.6 Å². The Labute approximate surface area is 161 Å². The van der Waals surface area contributed by atoms with Crippen LogP contribution in [0.1, 0.15) is 12.5 Å². The van der Waals surface area contributed by atoms with Crippen LogP contribution in [-0.4, -0.2) is 37.4 Å². The Morgan fingerprint density at radius 3 is 2.74 bits per heavy atom. The first-order valence-corrected chi connectivity index (χ1v) is 9.10. The minimum atomic E-state index is -0.491. The van der Waals surface area contributed by atoms with E-state index in [-0.39, 0.29) is 5.91 Å². The molecule has 0 aliphatic carbocycles. The SMILES string of the molecule is COc1cccc(/C=N\NC(=O)[C@H](C)Nc2nc3ccccc3s2)c1OC. The van der Waals surface area contributed by atoms with Crippen LogP contribution >= 0.6 is 11.3 Å². The lowest BCUT2D eigenvalue weighted by atomic mass is 10.2. The van der Waals surface area contributed by atoms with Crippen LogP contribution < -0.4 is 20.2 Å². The average Bonchev–Trinajstić information content (AvgIpc) is 3.09. The van der Waals surface area contributed by atoms with E-state index in [4.69, 9.17) is 9.47 Å². The fourth-order valence-electron chi connectivity index (χ4n) is 2.46. The third-order valence-corrected chi connectivity index (χ3v) is 4.81. The van der Waals surface area contributed by atoms with Crippen LogP contribution in [0.3, 0.4) is 0 Å². The van der Waals surface area contributed by atoms with Crippen molar-refractivity contribution < 1.29 is 14.3 Å². The van der Waals surface area contributed by atoms with Crippen molar-refractivity contribution in [2.45, 2.75) is 13.0 Å². The van der Waals surface area contributed by atoms with Crippen molar-refractivity contribution in [1.29, 1.82) is 0 Å². The van der Waals surface area contributed by atoms with Gasteiger partial charge in [-0.25, -0.2) is 10.4 Å². The number of amides is 1. The van der Waals surface area contributed by atoms with Crippen LogP contribution in [0.4, 0.5) is 5.13 Å². The van der Waals surface area contributed by atoms with E-state index in [2.05, 4.69) is 20.8 Å². The molecule has 0 spiro atoms. The second-order valence-corrected chi connectivity index (χ2v) is 6.70. The minimum absolute atomic E-state index is 0.271. The lowest BCUT2D eigenvalue weighted by Gasteiger charge is -2.11.